The van der Waals surface area contributed by atoms with Gasteiger partial charge in [0.1, 0.15) is 6.33 Å². The Morgan fingerprint density at radius 3 is 2.91 bits per heavy atom. The maximum atomic E-state index is 8.49. The van der Waals surface area contributed by atoms with Crippen molar-refractivity contribution in [1.82, 2.24) is 14.8 Å². The lowest BCUT2D eigenvalue weighted by Gasteiger charge is -1.96. The van der Waals surface area contributed by atoms with Crippen molar-refractivity contribution in [2.24, 2.45) is 0 Å². The number of hydrogen-bond donors (Lipinski definition) is 1. The Morgan fingerprint density at radius 2 is 2.36 bits per heavy atom. The normalized spacial score (nSPS) is 10.4. The molecule has 1 rings (SSSR count). The largest absolute Gasteiger partial charge is 0.396 e. The van der Waals surface area contributed by atoms with Crippen molar-refractivity contribution in [1.29, 1.82) is 0 Å². The fourth-order valence-electron chi connectivity index (χ4n) is 0.765. The number of rotatable bonds is 4. The van der Waals surface area contributed by atoms with E-state index < -0.39 is 0 Å². The number of aryl methyl sites for hydroxylation is 1. The highest BCUT2D eigenvalue weighted by Crippen LogP contribution is 2.00. The van der Waals surface area contributed by atoms with Crippen LogP contribution in [-0.4, -0.2) is 26.5 Å². The molecule has 0 bridgehead atoms. The Hall–Kier alpha value is -0.420. The van der Waals surface area contributed by atoms with Crippen molar-refractivity contribution in [3.05, 3.63) is 11.1 Å². The summed E-state index contributed by atoms with van der Waals surface area (Å²) in [6.07, 6.45) is 3.42. The van der Waals surface area contributed by atoms with Crippen LogP contribution in [0.25, 0.3) is 0 Å². The zero-order valence-electron chi connectivity index (χ0n) is 6.07. The van der Waals surface area contributed by atoms with Crippen molar-refractivity contribution in [3.8, 4) is 0 Å². The van der Waals surface area contributed by atoms with Crippen molar-refractivity contribution in [3.63, 3.8) is 0 Å². The molecule has 1 N–H and O–H groups in total. The van der Waals surface area contributed by atoms with Crippen LogP contribution in [0.3, 0.4) is 0 Å². The number of nitrogens with zero attached hydrogens (tertiary/aromatic N) is 3. The molecule has 1 heterocycles. The predicted octanol–water partition coefficient (Wildman–Crippen LogP) is 0.813. The molecule has 0 amide bonds. The maximum absolute atomic E-state index is 8.49. The first-order chi connectivity index (χ1) is 5.33. The highest BCUT2D eigenvalue weighted by Gasteiger charge is 1.94. The number of unbranched alkanes of at least 4 members (excludes halogenated alkanes) is 1. The Bertz CT molecular complexity index is 213. The summed E-state index contributed by atoms with van der Waals surface area (Å²) in [6, 6.07) is 0. The van der Waals surface area contributed by atoms with Crippen LogP contribution >= 0.6 is 15.9 Å². The zero-order chi connectivity index (χ0) is 8.10. The molecule has 1 aromatic heterocycles. The molecule has 1 aromatic rings. The fraction of sp³-hybridized carbons (Fsp3) is 0.667. The summed E-state index contributed by atoms with van der Waals surface area (Å²) in [7, 11) is 0. The molecule has 0 radical (unpaired) electrons. The van der Waals surface area contributed by atoms with E-state index in [-0.39, 0.29) is 6.61 Å². The second-order valence-corrected chi connectivity index (χ2v) is 2.92. The lowest BCUT2D eigenvalue weighted by Crippen LogP contribution is -1.99. The highest BCUT2D eigenvalue weighted by atomic mass is 79.9. The fourth-order valence-corrected chi connectivity index (χ4v) is 1.06. The van der Waals surface area contributed by atoms with E-state index in [1.165, 1.54) is 0 Å². The number of aliphatic hydroxyl groups is 1. The van der Waals surface area contributed by atoms with Gasteiger partial charge in [-0.3, -0.25) is 4.68 Å². The van der Waals surface area contributed by atoms with Crippen LogP contribution in [-0.2, 0) is 6.54 Å². The smallest absolute Gasteiger partial charge is 0.217 e. The van der Waals surface area contributed by atoms with Crippen LogP contribution in [0.4, 0.5) is 0 Å². The zero-order valence-corrected chi connectivity index (χ0v) is 7.66. The summed E-state index contributed by atoms with van der Waals surface area (Å²) < 4.78 is 2.36. The Labute approximate surface area is 73.4 Å². The molecule has 0 spiro atoms. The van der Waals surface area contributed by atoms with Gasteiger partial charge in [0.15, 0.2) is 0 Å². The first kappa shape index (κ1) is 8.67. The minimum absolute atomic E-state index is 0.246. The third-order valence-corrected chi connectivity index (χ3v) is 1.67. The van der Waals surface area contributed by atoms with Crippen LogP contribution in [0, 0.1) is 0 Å². The van der Waals surface area contributed by atoms with Crippen molar-refractivity contribution in [2.45, 2.75) is 19.4 Å². The van der Waals surface area contributed by atoms with E-state index in [2.05, 4.69) is 26.0 Å². The first-order valence-electron chi connectivity index (χ1n) is 3.49. The summed E-state index contributed by atoms with van der Waals surface area (Å²) in [4.78, 5) is 3.90. The highest BCUT2D eigenvalue weighted by molar-refractivity contribution is 9.10. The van der Waals surface area contributed by atoms with Gasteiger partial charge in [-0.05, 0) is 28.8 Å². The van der Waals surface area contributed by atoms with Gasteiger partial charge in [-0.2, -0.15) is 0 Å². The van der Waals surface area contributed by atoms with Crippen LogP contribution < -0.4 is 0 Å². The Balaban J connectivity index is 2.27. The van der Waals surface area contributed by atoms with E-state index in [1.54, 1.807) is 11.0 Å². The second kappa shape index (κ2) is 4.46. The van der Waals surface area contributed by atoms with Gasteiger partial charge in [0.05, 0.1) is 0 Å². The third-order valence-electron chi connectivity index (χ3n) is 1.30. The van der Waals surface area contributed by atoms with Crippen LogP contribution in [0.5, 0.6) is 0 Å². The molecule has 0 aromatic carbocycles. The van der Waals surface area contributed by atoms with E-state index in [0.717, 1.165) is 19.4 Å². The number of halogens is 1. The predicted molar refractivity (Wildman–Crippen MR) is 44.0 cm³/mol. The van der Waals surface area contributed by atoms with Gasteiger partial charge in [0.25, 0.3) is 0 Å². The van der Waals surface area contributed by atoms with Crippen molar-refractivity contribution in [2.75, 3.05) is 6.61 Å². The molecular formula is C6H10BrN3O. The van der Waals surface area contributed by atoms with E-state index in [1.807, 2.05) is 0 Å². The molecule has 0 saturated carbocycles. The van der Waals surface area contributed by atoms with Gasteiger partial charge in [-0.25, -0.2) is 4.98 Å². The van der Waals surface area contributed by atoms with Gasteiger partial charge < -0.3 is 5.11 Å². The molecule has 0 unspecified atom stereocenters. The van der Waals surface area contributed by atoms with Gasteiger partial charge in [0, 0.05) is 13.2 Å². The van der Waals surface area contributed by atoms with E-state index in [4.69, 9.17) is 5.11 Å². The average Bonchev–Trinajstić information content (AvgIpc) is 2.37. The molecule has 0 fully saturated rings. The molecule has 0 atom stereocenters. The Kier molecular flexibility index (Phi) is 3.51. The molecule has 0 saturated heterocycles. The monoisotopic (exact) mass is 219 g/mol. The van der Waals surface area contributed by atoms with E-state index >= 15 is 0 Å². The molecule has 0 aliphatic carbocycles. The van der Waals surface area contributed by atoms with Gasteiger partial charge in [-0.1, -0.05) is 0 Å². The molecule has 4 nitrogen and oxygen atoms in total. The van der Waals surface area contributed by atoms with Crippen molar-refractivity contribution < 1.29 is 5.11 Å². The SMILES string of the molecule is OCCCCn1cnc(Br)n1. The summed E-state index contributed by atoms with van der Waals surface area (Å²) in [5, 5.41) is 12.5. The molecular weight excluding hydrogens is 210 g/mol. The molecule has 0 aliphatic rings. The van der Waals surface area contributed by atoms with E-state index in [0.29, 0.717) is 4.73 Å². The lowest BCUT2D eigenvalue weighted by atomic mass is 10.3. The summed E-state index contributed by atoms with van der Waals surface area (Å²) >= 11 is 3.15. The van der Waals surface area contributed by atoms with Crippen molar-refractivity contribution >= 4 is 15.9 Å². The molecule has 5 heteroatoms. The topological polar surface area (TPSA) is 50.9 Å². The standard InChI is InChI=1S/C6H10BrN3O/c7-6-8-5-10(9-6)3-1-2-4-11/h5,11H,1-4H2. The summed E-state index contributed by atoms with van der Waals surface area (Å²) in [5.41, 5.74) is 0. The maximum Gasteiger partial charge on any atom is 0.217 e. The first-order valence-corrected chi connectivity index (χ1v) is 4.28. The molecule has 0 aliphatic heterocycles. The van der Waals surface area contributed by atoms with Gasteiger partial charge in [-0.15, -0.1) is 5.10 Å². The molecule has 62 valence electrons. The second-order valence-electron chi connectivity index (χ2n) is 2.21. The summed E-state index contributed by atoms with van der Waals surface area (Å²) in [5.74, 6) is 0. The molecule has 11 heavy (non-hydrogen) atoms. The third kappa shape index (κ3) is 2.98. The van der Waals surface area contributed by atoms with Crippen LogP contribution in [0.15, 0.2) is 11.1 Å². The summed E-state index contributed by atoms with van der Waals surface area (Å²) in [6.45, 7) is 1.06. The van der Waals surface area contributed by atoms with Crippen LogP contribution in [0.1, 0.15) is 12.8 Å². The van der Waals surface area contributed by atoms with Crippen LogP contribution in [0.2, 0.25) is 0 Å². The lowest BCUT2D eigenvalue weighted by molar-refractivity contribution is 0.280. The number of aliphatic hydroxyl groups excluding tert-OH is 1. The van der Waals surface area contributed by atoms with E-state index in [9.17, 15) is 0 Å². The number of hydrogen-bond acceptors (Lipinski definition) is 3. The van der Waals surface area contributed by atoms with Gasteiger partial charge in [0.2, 0.25) is 4.73 Å². The minimum Gasteiger partial charge on any atom is -0.396 e. The quantitative estimate of drug-likeness (QED) is 0.764. The number of aromatic nitrogens is 3. The Morgan fingerprint density at radius 1 is 1.55 bits per heavy atom. The van der Waals surface area contributed by atoms with Gasteiger partial charge >= 0.3 is 0 Å². The minimum atomic E-state index is 0.246. The average molecular weight is 220 g/mol.